The van der Waals surface area contributed by atoms with Gasteiger partial charge in [-0.1, -0.05) is 41.9 Å². The second kappa shape index (κ2) is 5.61. The van der Waals surface area contributed by atoms with Crippen molar-refractivity contribution < 1.29 is 0 Å². The Balaban J connectivity index is 1.92. The molecule has 3 N–H and O–H groups in total. The van der Waals surface area contributed by atoms with Crippen molar-refractivity contribution in [2.75, 3.05) is 11.9 Å². The Morgan fingerprint density at radius 2 is 1.82 bits per heavy atom. The topological polar surface area (TPSA) is 63.8 Å². The van der Waals surface area contributed by atoms with E-state index in [0.29, 0.717) is 17.5 Å². The molecule has 2 aromatic rings. The maximum Gasteiger partial charge on any atom is 0.222 e. The molecule has 1 atom stereocenters. The predicted octanol–water partition coefficient (Wildman–Crippen LogP) is 2.24. The van der Waals surface area contributed by atoms with Crippen LogP contribution < -0.4 is 11.1 Å². The predicted molar refractivity (Wildman–Crippen MR) is 68.9 cm³/mol. The average Bonchev–Trinajstić information content (AvgIpc) is 2.39. The zero-order valence-electron chi connectivity index (χ0n) is 9.18. The van der Waals surface area contributed by atoms with Crippen molar-refractivity contribution in [3.8, 4) is 0 Å². The lowest BCUT2D eigenvalue weighted by Gasteiger charge is -2.12. The number of halogens is 1. The summed E-state index contributed by atoms with van der Waals surface area (Å²) in [4.78, 5) is 8.07. The Labute approximate surface area is 105 Å². The van der Waals surface area contributed by atoms with Gasteiger partial charge in [0.1, 0.15) is 0 Å². The van der Waals surface area contributed by atoms with E-state index < -0.39 is 0 Å². The summed E-state index contributed by atoms with van der Waals surface area (Å²) in [6.07, 6.45) is 3.09. The fourth-order valence-corrected chi connectivity index (χ4v) is 1.52. The van der Waals surface area contributed by atoms with Gasteiger partial charge in [0.15, 0.2) is 0 Å². The quantitative estimate of drug-likeness (QED) is 0.871. The van der Waals surface area contributed by atoms with Gasteiger partial charge >= 0.3 is 0 Å². The largest absolute Gasteiger partial charge is 0.352 e. The van der Waals surface area contributed by atoms with Gasteiger partial charge in [0.05, 0.1) is 17.4 Å². The van der Waals surface area contributed by atoms with Crippen LogP contribution in [0.4, 0.5) is 5.95 Å². The first-order chi connectivity index (χ1) is 8.25. The lowest BCUT2D eigenvalue weighted by atomic mass is 10.1. The van der Waals surface area contributed by atoms with Gasteiger partial charge in [0.25, 0.3) is 0 Å². The molecule has 1 unspecified atom stereocenters. The van der Waals surface area contributed by atoms with Crippen molar-refractivity contribution in [2.24, 2.45) is 5.73 Å². The third-order valence-electron chi connectivity index (χ3n) is 2.33. The van der Waals surface area contributed by atoms with Gasteiger partial charge in [-0.3, -0.25) is 0 Å². The van der Waals surface area contributed by atoms with Crippen molar-refractivity contribution in [3.05, 3.63) is 53.3 Å². The van der Waals surface area contributed by atoms with E-state index in [-0.39, 0.29) is 6.04 Å². The fraction of sp³-hybridized carbons (Fsp3) is 0.167. The molecule has 0 amide bonds. The number of benzene rings is 1. The highest BCUT2D eigenvalue weighted by molar-refractivity contribution is 6.30. The SMILES string of the molecule is NC(CNc1ncc(Cl)cn1)c1ccccc1. The lowest BCUT2D eigenvalue weighted by Crippen LogP contribution is -2.21. The van der Waals surface area contributed by atoms with Crippen LogP contribution in [0, 0.1) is 0 Å². The second-order valence-electron chi connectivity index (χ2n) is 3.62. The highest BCUT2D eigenvalue weighted by Gasteiger charge is 2.05. The van der Waals surface area contributed by atoms with Crippen LogP contribution in [0.1, 0.15) is 11.6 Å². The number of nitrogens with two attached hydrogens (primary N) is 1. The van der Waals surface area contributed by atoms with Crippen LogP contribution in [0.3, 0.4) is 0 Å². The molecular weight excluding hydrogens is 236 g/mol. The molecular formula is C12H13ClN4. The number of nitrogens with zero attached hydrogens (tertiary/aromatic N) is 2. The zero-order valence-corrected chi connectivity index (χ0v) is 9.93. The summed E-state index contributed by atoms with van der Waals surface area (Å²) >= 11 is 5.69. The molecule has 1 aromatic heterocycles. The Morgan fingerprint density at radius 3 is 2.47 bits per heavy atom. The minimum absolute atomic E-state index is 0.0875. The number of nitrogens with one attached hydrogen (secondary N) is 1. The van der Waals surface area contributed by atoms with Gasteiger partial charge in [0.2, 0.25) is 5.95 Å². The van der Waals surface area contributed by atoms with E-state index >= 15 is 0 Å². The van der Waals surface area contributed by atoms with Crippen LogP contribution in [0.15, 0.2) is 42.7 Å². The van der Waals surface area contributed by atoms with Crippen LogP contribution in [0.25, 0.3) is 0 Å². The summed E-state index contributed by atoms with van der Waals surface area (Å²) in [5, 5.41) is 3.58. The molecule has 17 heavy (non-hydrogen) atoms. The van der Waals surface area contributed by atoms with E-state index in [4.69, 9.17) is 17.3 Å². The van der Waals surface area contributed by atoms with Crippen molar-refractivity contribution >= 4 is 17.5 Å². The zero-order chi connectivity index (χ0) is 12.1. The summed E-state index contributed by atoms with van der Waals surface area (Å²) in [5.41, 5.74) is 7.11. The van der Waals surface area contributed by atoms with Crippen molar-refractivity contribution in [1.82, 2.24) is 9.97 Å². The van der Waals surface area contributed by atoms with Gasteiger partial charge in [-0.2, -0.15) is 0 Å². The van der Waals surface area contributed by atoms with Gasteiger partial charge in [-0.05, 0) is 5.56 Å². The average molecular weight is 249 g/mol. The number of rotatable bonds is 4. The Morgan fingerprint density at radius 1 is 1.18 bits per heavy atom. The molecule has 0 bridgehead atoms. The molecule has 5 heteroatoms. The van der Waals surface area contributed by atoms with Crippen LogP contribution in [-0.4, -0.2) is 16.5 Å². The van der Waals surface area contributed by atoms with E-state index in [1.165, 1.54) is 0 Å². The maximum atomic E-state index is 6.03. The summed E-state index contributed by atoms with van der Waals surface area (Å²) < 4.78 is 0. The van der Waals surface area contributed by atoms with E-state index in [1.54, 1.807) is 12.4 Å². The van der Waals surface area contributed by atoms with Crippen molar-refractivity contribution in [2.45, 2.75) is 6.04 Å². The molecule has 0 saturated carbocycles. The minimum Gasteiger partial charge on any atom is -0.352 e. The van der Waals surface area contributed by atoms with E-state index in [0.717, 1.165) is 5.56 Å². The highest BCUT2D eigenvalue weighted by Crippen LogP contribution is 2.10. The Hall–Kier alpha value is -1.65. The fourth-order valence-electron chi connectivity index (χ4n) is 1.42. The summed E-state index contributed by atoms with van der Waals surface area (Å²) in [5.74, 6) is 0.529. The molecule has 88 valence electrons. The van der Waals surface area contributed by atoms with Gasteiger partial charge in [0, 0.05) is 12.6 Å². The number of hydrogen-bond acceptors (Lipinski definition) is 4. The summed E-state index contributed by atoms with van der Waals surface area (Å²) in [6, 6.07) is 9.80. The van der Waals surface area contributed by atoms with E-state index in [1.807, 2.05) is 30.3 Å². The molecule has 2 rings (SSSR count). The maximum absolute atomic E-state index is 6.03. The molecule has 0 spiro atoms. The molecule has 0 aliphatic carbocycles. The van der Waals surface area contributed by atoms with Crippen molar-refractivity contribution in [3.63, 3.8) is 0 Å². The molecule has 1 heterocycles. The minimum atomic E-state index is -0.0875. The van der Waals surface area contributed by atoms with Crippen molar-refractivity contribution in [1.29, 1.82) is 0 Å². The molecule has 0 fully saturated rings. The molecule has 0 saturated heterocycles. The molecule has 0 aliphatic heterocycles. The van der Waals surface area contributed by atoms with Gasteiger partial charge in [-0.15, -0.1) is 0 Å². The molecule has 1 aromatic carbocycles. The third kappa shape index (κ3) is 3.41. The first-order valence-electron chi connectivity index (χ1n) is 5.27. The summed E-state index contributed by atoms with van der Waals surface area (Å²) in [6.45, 7) is 0.575. The smallest absolute Gasteiger partial charge is 0.222 e. The Bertz CT molecular complexity index is 458. The van der Waals surface area contributed by atoms with E-state index in [2.05, 4.69) is 15.3 Å². The highest BCUT2D eigenvalue weighted by atomic mass is 35.5. The first-order valence-corrected chi connectivity index (χ1v) is 5.65. The molecule has 0 radical (unpaired) electrons. The standard InChI is InChI=1S/C12H13ClN4/c13-10-6-15-12(16-7-10)17-8-11(14)9-4-2-1-3-5-9/h1-7,11H,8,14H2,(H,15,16,17). The van der Waals surface area contributed by atoms with Crippen LogP contribution in [0.2, 0.25) is 5.02 Å². The monoisotopic (exact) mass is 248 g/mol. The number of aromatic nitrogens is 2. The van der Waals surface area contributed by atoms with Crippen LogP contribution in [0.5, 0.6) is 0 Å². The second-order valence-corrected chi connectivity index (χ2v) is 4.06. The molecule has 4 nitrogen and oxygen atoms in total. The first kappa shape index (κ1) is 11.8. The third-order valence-corrected chi connectivity index (χ3v) is 2.52. The number of anilines is 1. The van der Waals surface area contributed by atoms with E-state index in [9.17, 15) is 0 Å². The van der Waals surface area contributed by atoms with Crippen LogP contribution in [-0.2, 0) is 0 Å². The number of hydrogen-bond donors (Lipinski definition) is 2. The molecule has 0 aliphatic rings. The van der Waals surface area contributed by atoms with Gasteiger partial charge in [-0.25, -0.2) is 9.97 Å². The summed E-state index contributed by atoms with van der Waals surface area (Å²) in [7, 11) is 0. The lowest BCUT2D eigenvalue weighted by molar-refractivity contribution is 0.758. The van der Waals surface area contributed by atoms with Gasteiger partial charge < -0.3 is 11.1 Å². The normalized spacial score (nSPS) is 12.1. The van der Waals surface area contributed by atoms with Crippen LogP contribution >= 0.6 is 11.6 Å². The Kier molecular flexibility index (Phi) is 3.90.